The molecule has 0 unspecified atom stereocenters. The molecule has 26 heavy (non-hydrogen) atoms. The first-order valence-electron chi connectivity index (χ1n) is 8.43. The Morgan fingerprint density at radius 2 is 2.04 bits per heavy atom. The molecule has 0 aliphatic rings. The first-order valence-corrected chi connectivity index (χ1v) is 10.3. The van der Waals surface area contributed by atoms with Crippen LogP contribution in [0.4, 0.5) is 0 Å². The molecule has 0 bridgehead atoms. The summed E-state index contributed by atoms with van der Waals surface area (Å²) in [5.74, 6) is 0.950. The van der Waals surface area contributed by atoms with Crippen LogP contribution in [0, 0.1) is 0 Å². The molecular formula is C18H22N4O2S2. The van der Waals surface area contributed by atoms with E-state index in [0.717, 1.165) is 10.6 Å². The highest BCUT2D eigenvalue weighted by molar-refractivity contribution is 7.99. The molecule has 0 fully saturated rings. The van der Waals surface area contributed by atoms with Crippen molar-refractivity contribution in [3.8, 4) is 5.69 Å². The first-order chi connectivity index (χ1) is 12.6. The lowest BCUT2D eigenvalue weighted by molar-refractivity contribution is 0.0409. The monoisotopic (exact) mass is 390 g/mol. The number of benzene rings is 1. The van der Waals surface area contributed by atoms with Gasteiger partial charge in [-0.1, -0.05) is 43.8 Å². The van der Waals surface area contributed by atoms with E-state index in [1.165, 1.54) is 17.3 Å². The van der Waals surface area contributed by atoms with E-state index in [4.69, 9.17) is 4.74 Å². The molecule has 2 aromatic heterocycles. The van der Waals surface area contributed by atoms with E-state index in [-0.39, 0.29) is 6.61 Å². The van der Waals surface area contributed by atoms with Crippen molar-refractivity contribution < 1.29 is 9.84 Å². The summed E-state index contributed by atoms with van der Waals surface area (Å²) in [7, 11) is 0. The van der Waals surface area contributed by atoms with Gasteiger partial charge in [0.05, 0.1) is 25.0 Å². The van der Waals surface area contributed by atoms with Gasteiger partial charge >= 0.3 is 0 Å². The molecule has 8 heteroatoms. The van der Waals surface area contributed by atoms with Crippen LogP contribution >= 0.6 is 23.1 Å². The topological polar surface area (TPSA) is 73.1 Å². The summed E-state index contributed by atoms with van der Waals surface area (Å²) in [6.07, 6.45) is -0.576. The molecule has 0 spiro atoms. The lowest BCUT2D eigenvalue weighted by atomic mass is 10.0. The van der Waals surface area contributed by atoms with Gasteiger partial charge in [0.1, 0.15) is 0 Å². The zero-order valence-electron chi connectivity index (χ0n) is 14.8. The van der Waals surface area contributed by atoms with Crippen LogP contribution in [-0.4, -0.2) is 43.8 Å². The van der Waals surface area contributed by atoms with Gasteiger partial charge < -0.3 is 9.84 Å². The minimum atomic E-state index is -0.576. The third kappa shape index (κ3) is 5.14. The molecule has 1 aromatic carbocycles. The van der Waals surface area contributed by atoms with Gasteiger partial charge in [-0.25, -0.2) is 0 Å². The molecule has 0 amide bonds. The predicted octanol–water partition coefficient (Wildman–Crippen LogP) is 3.52. The van der Waals surface area contributed by atoms with Crippen molar-refractivity contribution in [2.45, 2.75) is 37.6 Å². The largest absolute Gasteiger partial charge is 0.390 e. The maximum Gasteiger partial charge on any atom is 0.214 e. The Labute approximate surface area is 161 Å². The number of aliphatic hydroxyl groups excluding tert-OH is 1. The van der Waals surface area contributed by atoms with E-state index in [1.807, 2.05) is 29.6 Å². The second-order valence-corrected chi connectivity index (χ2v) is 8.20. The van der Waals surface area contributed by atoms with Gasteiger partial charge in [0, 0.05) is 10.6 Å². The zero-order chi connectivity index (χ0) is 18.4. The Bertz CT molecular complexity index is 788. The highest BCUT2D eigenvalue weighted by Gasteiger charge is 2.13. The molecular weight excluding hydrogens is 368 g/mol. The van der Waals surface area contributed by atoms with Gasteiger partial charge in [-0.3, -0.25) is 0 Å². The van der Waals surface area contributed by atoms with E-state index in [2.05, 4.69) is 41.5 Å². The fourth-order valence-electron chi connectivity index (χ4n) is 2.34. The summed E-state index contributed by atoms with van der Waals surface area (Å²) in [5.41, 5.74) is 2.18. The number of aromatic nitrogens is 4. The average Bonchev–Trinajstić information content (AvgIpc) is 3.32. The minimum Gasteiger partial charge on any atom is -0.390 e. The highest BCUT2D eigenvalue weighted by atomic mass is 32.2. The number of rotatable bonds is 9. The number of ether oxygens (including phenoxy) is 1. The lowest BCUT2D eigenvalue weighted by Crippen LogP contribution is -2.18. The third-order valence-corrected chi connectivity index (χ3v) is 5.70. The van der Waals surface area contributed by atoms with Crippen molar-refractivity contribution in [2.24, 2.45) is 0 Å². The van der Waals surface area contributed by atoms with Crippen molar-refractivity contribution in [3.63, 3.8) is 0 Å². The van der Waals surface area contributed by atoms with Crippen molar-refractivity contribution in [1.29, 1.82) is 0 Å². The molecule has 2 heterocycles. The Morgan fingerprint density at radius 1 is 1.23 bits per heavy atom. The van der Waals surface area contributed by atoms with Crippen LogP contribution in [0.2, 0.25) is 0 Å². The van der Waals surface area contributed by atoms with Crippen molar-refractivity contribution in [2.75, 3.05) is 12.4 Å². The molecule has 0 saturated carbocycles. The maximum atomic E-state index is 10.1. The number of hydrogen-bond donors (Lipinski definition) is 1. The van der Waals surface area contributed by atoms with E-state index < -0.39 is 6.10 Å². The van der Waals surface area contributed by atoms with Crippen LogP contribution in [0.1, 0.15) is 30.2 Å². The molecule has 138 valence electrons. The average molecular weight is 391 g/mol. The summed E-state index contributed by atoms with van der Waals surface area (Å²) in [5, 5.41) is 24.7. The Balaban J connectivity index is 1.51. The highest BCUT2D eigenvalue weighted by Crippen LogP contribution is 2.21. The molecule has 1 N–H and O–H groups in total. The molecule has 3 aromatic rings. The fourth-order valence-corrected chi connectivity index (χ4v) is 3.78. The van der Waals surface area contributed by atoms with E-state index in [1.54, 1.807) is 16.0 Å². The van der Waals surface area contributed by atoms with Gasteiger partial charge in [0.25, 0.3) is 0 Å². The number of thiophene rings is 1. The molecule has 6 nitrogen and oxygen atoms in total. The third-order valence-electron chi connectivity index (χ3n) is 3.78. The standard InChI is InChI=1S/C18H22N4O2S2/c1-13(2)14-5-7-15(8-6-14)22-18(19-20-21-22)26-12-16(23)10-24-11-17-4-3-9-25-17/h3-9,13,16,23H,10-12H2,1-2H3/t16-/m1/s1. The van der Waals surface area contributed by atoms with Crippen molar-refractivity contribution >= 4 is 23.1 Å². The number of tetrazole rings is 1. The lowest BCUT2D eigenvalue weighted by Gasteiger charge is -2.11. The van der Waals surface area contributed by atoms with E-state index in [9.17, 15) is 5.11 Å². The first kappa shape index (κ1) is 19.0. The molecule has 3 rings (SSSR count). The number of aliphatic hydroxyl groups is 1. The molecule has 0 aliphatic carbocycles. The van der Waals surface area contributed by atoms with Crippen LogP contribution in [0.3, 0.4) is 0 Å². The second-order valence-electron chi connectivity index (χ2n) is 6.18. The zero-order valence-corrected chi connectivity index (χ0v) is 16.4. The van der Waals surface area contributed by atoms with Crippen LogP contribution in [0.5, 0.6) is 0 Å². The fraction of sp³-hybridized carbons (Fsp3) is 0.389. The number of hydrogen-bond acceptors (Lipinski definition) is 7. The van der Waals surface area contributed by atoms with Crippen LogP contribution < -0.4 is 0 Å². The van der Waals surface area contributed by atoms with Crippen LogP contribution in [0.25, 0.3) is 5.69 Å². The molecule has 0 aliphatic heterocycles. The molecule has 0 saturated heterocycles. The Morgan fingerprint density at radius 3 is 2.73 bits per heavy atom. The van der Waals surface area contributed by atoms with Crippen molar-refractivity contribution in [1.82, 2.24) is 20.2 Å². The van der Waals surface area contributed by atoms with Crippen LogP contribution in [0.15, 0.2) is 46.9 Å². The number of thioether (sulfide) groups is 1. The Kier molecular flexibility index (Phi) is 6.79. The van der Waals surface area contributed by atoms with Crippen LogP contribution in [-0.2, 0) is 11.3 Å². The molecule has 0 radical (unpaired) electrons. The normalized spacial score (nSPS) is 12.6. The summed E-state index contributed by atoms with van der Waals surface area (Å²) in [6, 6.07) is 12.2. The molecule has 1 atom stereocenters. The van der Waals surface area contributed by atoms with Crippen molar-refractivity contribution in [3.05, 3.63) is 52.2 Å². The maximum absolute atomic E-state index is 10.1. The second kappa shape index (κ2) is 9.27. The number of nitrogens with zero attached hydrogens (tertiary/aromatic N) is 4. The summed E-state index contributed by atoms with van der Waals surface area (Å²) in [4.78, 5) is 1.15. The SMILES string of the molecule is CC(C)c1ccc(-n2nnnc2SC[C@H](O)COCc2cccs2)cc1. The quantitative estimate of drug-likeness (QED) is 0.564. The smallest absolute Gasteiger partial charge is 0.214 e. The summed E-state index contributed by atoms with van der Waals surface area (Å²) < 4.78 is 7.24. The minimum absolute atomic E-state index is 0.287. The van der Waals surface area contributed by atoms with Gasteiger partial charge in [0.15, 0.2) is 0 Å². The van der Waals surface area contributed by atoms with Gasteiger partial charge in [-0.05, 0) is 45.5 Å². The van der Waals surface area contributed by atoms with Gasteiger partial charge in [-0.2, -0.15) is 4.68 Å². The summed E-state index contributed by atoms with van der Waals surface area (Å²) >= 11 is 3.06. The predicted molar refractivity (Wildman–Crippen MR) is 104 cm³/mol. The summed E-state index contributed by atoms with van der Waals surface area (Å²) in [6.45, 7) is 5.14. The van der Waals surface area contributed by atoms with Gasteiger partial charge in [-0.15, -0.1) is 16.4 Å². The Hall–Kier alpha value is -1.74. The van der Waals surface area contributed by atoms with E-state index in [0.29, 0.717) is 23.4 Å². The van der Waals surface area contributed by atoms with E-state index >= 15 is 0 Å². The van der Waals surface area contributed by atoms with Gasteiger partial charge in [0.2, 0.25) is 5.16 Å².